The topological polar surface area (TPSA) is 75.7 Å². The molecule has 6 nitrogen and oxygen atoms in total. The van der Waals surface area contributed by atoms with Crippen LogP contribution in [0.4, 0.5) is 5.69 Å². The first-order valence-corrected chi connectivity index (χ1v) is 9.83. The van der Waals surface area contributed by atoms with Gasteiger partial charge in [0.15, 0.2) is 0 Å². The van der Waals surface area contributed by atoms with Crippen LogP contribution in [0.25, 0.3) is 0 Å². The fraction of sp³-hybridized carbons (Fsp3) is 0.316. The molecule has 1 atom stereocenters. The van der Waals surface area contributed by atoms with Gasteiger partial charge in [0, 0.05) is 25.2 Å². The van der Waals surface area contributed by atoms with Crippen LogP contribution in [0.15, 0.2) is 47.4 Å². The Bertz CT molecular complexity index is 923. The number of methoxy groups -OCH3 is 1. The molecule has 1 heterocycles. The zero-order chi connectivity index (χ0) is 18.9. The number of nitrogens with zero attached hydrogens (tertiary/aromatic N) is 1. The lowest BCUT2D eigenvalue weighted by Crippen LogP contribution is -2.38. The normalized spacial score (nSPS) is 17.4. The van der Waals surface area contributed by atoms with Gasteiger partial charge in [0.2, 0.25) is 15.9 Å². The van der Waals surface area contributed by atoms with Crippen LogP contribution in [0.5, 0.6) is 5.75 Å². The zero-order valence-electron chi connectivity index (χ0n) is 15.0. The third-order valence-corrected chi connectivity index (χ3v) is 6.60. The minimum Gasteiger partial charge on any atom is -0.497 e. The van der Waals surface area contributed by atoms with E-state index in [9.17, 15) is 13.2 Å². The number of benzene rings is 2. The van der Waals surface area contributed by atoms with Gasteiger partial charge in [-0.2, -0.15) is 4.31 Å². The fourth-order valence-electron chi connectivity index (χ4n) is 3.27. The number of hydrogen-bond acceptors (Lipinski definition) is 4. The Hall–Kier alpha value is -2.38. The first-order chi connectivity index (χ1) is 12.3. The SMILES string of the molecule is COc1ccc2c(c1)C(C)N(S(=O)(=O)c1ccc(NC(C)=O)cc1)CC2. The molecule has 7 heteroatoms. The molecule has 1 aliphatic heterocycles. The lowest BCUT2D eigenvalue weighted by atomic mass is 9.95. The van der Waals surface area contributed by atoms with Crippen LogP contribution in [0.3, 0.4) is 0 Å². The zero-order valence-corrected chi connectivity index (χ0v) is 15.8. The summed E-state index contributed by atoms with van der Waals surface area (Å²) in [7, 11) is -2.04. The molecule has 2 aromatic rings. The van der Waals surface area contributed by atoms with Crippen LogP contribution < -0.4 is 10.1 Å². The van der Waals surface area contributed by atoms with Gasteiger partial charge in [0.25, 0.3) is 0 Å². The third kappa shape index (κ3) is 3.45. The van der Waals surface area contributed by atoms with Crippen molar-refractivity contribution in [2.45, 2.75) is 31.2 Å². The summed E-state index contributed by atoms with van der Waals surface area (Å²) in [6.45, 7) is 3.72. The Morgan fingerprint density at radius 2 is 1.88 bits per heavy atom. The monoisotopic (exact) mass is 374 g/mol. The lowest BCUT2D eigenvalue weighted by Gasteiger charge is -2.34. The first kappa shape index (κ1) is 18.4. The van der Waals surface area contributed by atoms with Gasteiger partial charge in [0.05, 0.1) is 12.0 Å². The number of nitrogens with one attached hydrogen (secondary N) is 1. The van der Waals surface area contributed by atoms with Crippen molar-refractivity contribution in [1.29, 1.82) is 0 Å². The molecule has 0 saturated carbocycles. The van der Waals surface area contributed by atoms with Crippen molar-refractivity contribution in [2.75, 3.05) is 19.0 Å². The minimum absolute atomic E-state index is 0.198. The van der Waals surface area contributed by atoms with Crippen LogP contribution in [0, 0.1) is 0 Å². The van der Waals surface area contributed by atoms with Crippen LogP contribution in [-0.2, 0) is 21.2 Å². The summed E-state index contributed by atoms with van der Waals surface area (Å²) >= 11 is 0. The van der Waals surface area contributed by atoms with Gasteiger partial charge in [-0.1, -0.05) is 6.07 Å². The number of sulfonamides is 1. The number of anilines is 1. The van der Waals surface area contributed by atoms with Crippen molar-refractivity contribution in [3.8, 4) is 5.75 Å². The molecule has 26 heavy (non-hydrogen) atoms. The van der Waals surface area contributed by atoms with E-state index < -0.39 is 10.0 Å². The van der Waals surface area contributed by atoms with E-state index in [-0.39, 0.29) is 16.8 Å². The third-order valence-electron chi connectivity index (χ3n) is 4.62. The summed E-state index contributed by atoms with van der Waals surface area (Å²) in [6.07, 6.45) is 0.660. The molecule has 1 amide bonds. The second-order valence-corrected chi connectivity index (χ2v) is 8.20. The summed E-state index contributed by atoms with van der Waals surface area (Å²) in [5.74, 6) is 0.519. The molecular formula is C19H22N2O4S. The van der Waals surface area contributed by atoms with Gasteiger partial charge < -0.3 is 10.1 Å². The minimum atomic E-state index is -3.64. The predicted molar refractivity (Wildman–Crippen MR) is 99.8 cm³/mol. The highest BCUT2D eigenvalue weighted by atomic mass is 32.2. The molecule has 0 spiro atoms. The molecule has 2 aromatic carbocycles. The van der Waals surface area contributed by atoms with Gasteiger partial charge in [-0.15, -0.1) is 0 Å². The van der Waals surface area contributed by atoms with Gasteiger partial charge in [0.1, 0.15) is 5.75 Å². The maximum Gasteiger partial charge on any atom is 0.243 e. The predicted octanol–water partition coefficient (Wildman–Crippen LogP) is 2.96. The van der Waals surface area contributed by atoms with E-state index in [1.807, 2.05) is 25.1 Å². The summed E-state index contributed by atoms with van der Waals surface area (Å²) in [4.78, 5) is 11.3. The Labute approximate surface area is 153 Å². The molecule has 3 rings (SSSR count). The highest BCUT2D eigenvalue weighted by Crippen LogP contribution is 2.35. The largest absolute Gasteiger partial charge is 0.497 e. The van der Waals surface area contributed by atoms with Crippen molar-refractivity contribution in [2.24, 2.45) is 0 Å². The van der Waals surface area contributed by atoms with E-state index in [1.165, 1.54) is 23.4 Å². The van der Waals surface area contributed by atoms with Crippen LogP contribution in [0.2, 0.25) is 0 Å². The molecule has 0 saturated heterocycles. The van der Waals surface area contributed by atoms with E-state index in [2.05, 4.69) is 5.32 Å². The van der Waals surface area contributed by atoms with Crippen LogP contribution in [-0.4, -0.2) is 32.3 Å². The van der Waals surface area contributed by atoms with Crippen molar-refractivity contribution >= 4 is 21.6 Å². The number of rotatable bonds is 4. The molecule has 1 N–H and O–H groups in total. The molecular weight excluding hydrogens is 352 g/mol. The number of fused-ring (bicyclic) bond motifs is 1. The van der Waals surface area contributed by atoms with Crippen molar-refractivity contribution in [3.05, 3.63) is 53.6 Å². The number of amides is 1. The number of carbonyl (C=O) groups is 1. The Morgan fingerprint density at radius 1 is 1.19 bits per heavy atom. The summed E-state index contributed by atoms with van der Waals surface area (Å²) in [5.41, 5.74) is 2.68. The smallest absolute Gasteiger partial charge is 0.243 e. The fourth-order valence-corrected chi connectivity index (χ4v) is 4.89. The van der Waals surface area contributed by atoms with E-state index >= 15 is 0 Å². The van der Waals surface area contributed by atoms with Crippen molar-refractivity contribution < 1.29 is 17.9 Å². The van der Waals surface area contributed by atoms with E-state index in [0.29, 0.717) is 18.7 Å². The second kappa shape index (κ2) is 7.09. The Morgan fingerprint density at radius 3 is 2.50 bits per heavy atom. The van der Waals surface area contributed by atoms with Crippen LogP contribution >= 0.6 is 0 Å². The average Bonchev–Trinajstić information content (AvgIpc) is 2.61. The molecule has 0 aromatic heterocycles. The number of hydrogen-bond donors (Lipinski definition) is 1. The van der Waals surface area contributed by atoms with Gasteiger partial charge >= 0.3 is 0 Å². The molecule has 0 bridgehead atoms. The van der Waals surface area contributed by atoms with Crippen molar-refractivity contribution in [3.63, 3.8) is 0 Å². The molecule has 0 aliphatic carbocycles. The first-order valence-electron chi connectivity index (χ1n) is 8.39. The quantitative estimate of drug-likeness (QED) is 0.893. The second-order valence-electron chi connectivity index (χ2n) is 6.31. The summed E-state index contributed by atoms with van der Waals surface area (Å²) < 4.78 is 33.0. The molecule has 0 radical (unpaired) electrons. The van der Waals surface area contributed by atoms with Gasteiger partial charge in [-0.05, 0) is 60.9 Å². The van der Waals surface area contributed by atoms with Gasteiger partial charge in [-0.3, -0.25) is 4.79 Å². The van der Waals surface area contributed by atoms with Gasteiger partial charge in [-0.25, -0.2) is 8.42 Å². The molecule has 0 fully saturated rings. The number of carbonyl (C=O) groups excluding carboxylic acids is 1. The van der Waals surface area contributed by atoms with Crippen molar-refractivity contribution in [1.82, 2.24) is 4.31 Å². The highest BCUT2D eigenvalue weighted by molar-refractivity contribution is 7.89. The van der Waals surface area contributed by atoms with E-state index in [4.69, 9.17) is 4.74 Å². The van der Waals surface area contributed by atoms with E-state index in [1.54, 1.807) is 19.2 Å². The Kier molecular flexibility index (Phi) is 5.02. The molecule has 1 unspecified atom stereocenters. The number of ether oxygens (including phenoxy) is 1. The lowest BCUT2D eigenvalue weighted by molar-refractivity contribution is -0.114. The Balaban J connectivity index is 1.91. The summed E-state index contributed by atoms with van der Waals surface area (Å²) in [6, 6.07) is 11.8. The molecule has 1 aliphatic rings. The maximum absolute atomic E-state index is 13.1. The average molecular weight is 374 g/mol. The standard InChI is InChI=1S/C19H22N2O4S/c1-13-19-12-17(25-3)7-4-15(19)10-11-21(13)26(23,24)18-8-5-16(6-9-18)20-14(2)22/h4-9,12-13H,10-11H2,1-3H3,(H,20,22). The maximum atomic E-state index is 13.1. The van der Waals surface area contributed by atoms with Crippen LogP contribution in [0.1, 0.15) is 31.0 Å². The van der Waals surface area contributed by atoms with E-state index in [0.717, 1.165) is 16.9 Å². The highest BCUT2D eigenvalue weighted by Gasteiger charge is 2.34. The molecule has 138 valence electrons. The summed E-state index contributed by atoms with van der Waals surface area (Å²) in [5, 5.41) is 2.64.